The molecule has 0 aromatic heterocycles. The maximum Gasteiger partial charge on any atom is 0.411 e. The van der Waals surface area contributed by atoms with Crippen molar-refractivity contribution in [1.29, 1.82) is 0 Å². The third-order valence-electron chi connectivity index (χ3n) is 1.89. The highest BCUT2D eigenvalue weighted by atomic mass is 19.4. The molecular formula is C8H16F3NO. The van der Waals surface area contributed by atoms with E-state index in [-0.39, 0.29) is 6.61 Å². The molecule has 0 aliphatic carbocycles. The van der Waals surface area contributed by atoms with Crippen molar-refractivity contribution in [2.45, 2.75) is 38.4 Å². The van der Waals surface area contributed by atoms with Gasteiger partial charge < -0.3 is 10.5 Å². The topological polar surface area (TPSA) is 35.2 Å². The first-order valence-corrected chi connectivity index (χ1v) is 4.20. The van der Waals surface area contributed by atoms with E-state index in [1.54, 1.807) is 6.92 Å². The van der Waals surface area contributed by atoms with Crippen LogP contribution in [0.3, 0.4) is 0 Å². The SMILES string of the molecule is CCC(C)(N)CCOCC(F)(F)F. The molecule has 0 bridgehead atoms. The average molecular weight is 199 g/mol. The monoisotopic (exact) mass is 199 g/mol. The third-order valence-corrected chi connectivity index (χ3v) is 1.89. The Bertz CT molecular complexity index is 145. The van der Waals surface area contributed by atoms with Crippen molar-refractivity contribution in [2.24, 2.45) is 5.73 Å². The van der Waals surface area contributed by atoms with E-state index in [2.05, 4.69) is 4.74 Å². The Kier molecular flexibility index (Phi) is 4.70. The number of ether oxygens (including phenoxy) is 1. The minimum atomic E-state index is -4.24. The second-order valence-corrected chi connectivity index (χ2v) is 3.43. The Morgan fingerprint density at radius 1 is 1.31 bits per heavy atom. The van der Waals surface area contributed by atoms with Crippen LogP contribution in [0.1, 0.15) is 26.7 Å². The molecule has 0 spiro atoms. The van der Waals surface area contributed by atoms with Gasteiger partial charge in [-0.3, -0.25) is 0 Å². The Labute approximate surface area is 76.2 Å². The minimum Gasteiger partial charge on any atom is -0.372 e. The van der Waals surface area contributed by atoms with Crippen LogP contribution in [0.25, 0.3) is 0 Å². The molecule has 0 saturated carbocycles. The fraction of sp³-hybridized carbons (Fsp3) is 1.00. The van der Waals surface area contributed by atoms with E-state index in [0.717, 1.165) is 6.42 Å². The van der Waals surface area contributed by atoms with Gasteiger partial charge in [0.25, 0.3) is 0 Å². The van der Waals surface area contributed by atoms with Gasteiger partial charge in [0.15, 0.2) is 0 Å². The Morgan fingerprint density at radius 2 is 1.85 bits per heavy atom. The first kappa shape index (κ1) is 12.7. The molecule has 5 heteroatoms. The van der Waals surface area contributed by atoms with Gasteiger partial charge in [0.1, 0.15) is 6.61 Å². The molecule has 0 radical (unpaired) electrons. The summed E-state index contributed by atoms with van der Waals surface area (Å²) >= 11 is 0. The second-order valence-electron chi connectivity index (χ2n) is 3.43. The van der Waals surface area contributed by atoms with Gasteiger partial charge in [-0.15, -0.1) is 0 Å². The number of nitrogens with two attached hydrogens (primary N) is 1. The lowest BCUT2D eigenvalue weighted by Gasteiger charge is -2.22. The van der Waals surface area contributed by atoms with E-state index in [9.17, 15) is 13.2 Å². The van der Waals surface area contributed by atoms with Crippen LogP contribution >= 0.6 is 0 Å². The molecule has 0 aromatic rings. The summed E-state index contributed by atoms with van der Waals surface area (Å²) in [6.45, 7) is 2.56. The van der Waals surface area contributed by atoms with Crippen molar-refractivity contribution in [2.75, 3.05) is 13.2 Å². The molecule has 0 aromatic carbocycles. The Morgan fingerprint density at radius 3 is 2.23 bits per heavy atom. The van der Waals surface area contributed by atoms with Gasteiger partial charge in [0.2, 0.25) is 0 Å². The van der Waals surface area contributed by atoms with Gasteiger partial charge in [0.05, 0.1) is 0 Å². The van der Waals surface area contributed by atoms with Crippen LogP contribution in [0, 0.1) is 0 Å². The molecule has 0 aliphatic rings. The van der Waals surface area contributed by atoms with E-state index < -0.39 is 18.3 Å². The van der Waals surface area contributed by atoms with Gasteiger partial charge in [-0.1, -0.05) is 6.92 Å². The van der Waals surface area contributed by atoms with E-state index in [0.29, 0.717) is 6.42 Å². The van der Waals surface area contributed by atoms with Crippen LogP contribution in [-0.2, 0) is 4.74 Å². The highest BCUT2D eigenvalue weighted by Gasteiger charge is 2.27. The summed E-state index contributed by atoms with van der Waals surface area (Å²) in [5.41, 5.74) is 5.28. The van der Waals surface area contributed by atoms with Gasteiger partial charge in [0, 0.05) is 12.1 Å². The van der Waals surface area contributed by atoms with Crippen molar-refractivity contribution >= 4 is 0 Å². The number of halogens is 3. The molecule has 0 heterocycles. The molecule has 0 rings (SSSR count). The van der Waals surface area contributed by atoms with Crippen LogP contribution in [0.4, 0.5) is 13.2 Å². The van der Waals surface area contributed by atoms with Crippen LogP contribution in [0.5, 0.6) is 0 Å². The standard InChI is InChI=1S/C8H16F3NO/c1-3-7(2,12)4-5-13-6-8(9,10)11/h3-6,12H2,1-2H3. The van der Waals surface area contributed by atoms with Crippen molar-refractivity contribution in [1.82, 2.24) is 0 Å². The normalized spacial score (nSPS) is 17.1. The van der Waals surface area contributed by atoms with Gasteiger partial charge in [-0.05, 0) is 19.8 Å². The van der Waals surface area contributed by atoms with Gasteiger partial charge in [-0.2, -0.15) is 13.2 Å². The molecule has 0 aliphatic heterocycles. The zero-order valence-electron chi connectivity index (χ0n) is 7.95. The van der Waals surface area contributed by atoms with E-state index >= 15 is 0 Å². The molecule has 0 amide bonds. The first-order chi connectivity index (χ1) is 5.77. The zero-order valence-corrected chi connectivity index (χ0v) is 7.95. The summed E-state index contributed by atoms with van der Waals surface area (Å²) in [4.78, 5) is 0. The maximum atomic E-state index is 11.6. The maximum absolute atomic E-state index is 11.6. The predicted molar refractivity (Wildman–Crippen MR) is 44.4 cm³/mol. The molecule has 80 valence electrons. The largest absolute Gasteiger partial charge is 0.411 e. The lowest BCUT2D eigenvalue weighted by Crippen LogP contribution is -2.36. The molecule has 1 atom stereocenters. The number of rotatable bonds is 5. The Hall–Kier alpha value is -0.290. The molecule has 2 nitrogen and oxygen atoms in total. The molecule has 2 N–H and O–H groups in total. The number of alkyl halides is 3. The first-order valence-electron chi connectivity index (χ1n) is 4.20. The highest BCUT2D eigenvalue weighted by molar-refractivity contribution is 4.75. The molecule has 0 saturated heterocycles. The molecule has 1 unspecified atom stereocenters. The third kappa shape index (κ3) is 8.05. The predicted octanol–water partition coefficient (Wildman–Crippen LogP) is 2.08. The molecule has 0 fully saturated rings. The van der Waals surface area contributed by atoms with Crippen molar-refractivity contribution in [3.8, 4) is 0 Å². The van der Waals surface area contributed by atoms with E-state index in [1.807, 2.05) is 6.92 Å². The fourth-order valence-corrected chi connectivity index (χ4v) is 0.670. The quantitative estimate of drug-likeness (QED) is 0.688. The van der Waals surface area contributed by atoms with Crippen LogP contribution < -0.4 is 5.73 Å². The molecule has 13 heavy (non-hydrogen) atoms. The average Bonchev–Trinajstić information content (AvgIpc) is 1.97. The summed E-state index contributed by atoms with van der Waals surface area (Å²) < 4.78 is 39.2. The zero-order chi connectivity index (χ0) is 10.5. The summed E-state index contributed by atoms with van der Waals surface area (Å²) in [6, 6.07) is 0. The number of hydrogen-bond donors (Lipinski definition) is 1. The summed E-state index contributed by atoms with van der Waals surface area (Å²) in [5, 5.41) is 0. The second kappa shape index (κ2) is 4.81. The van der Waals surface area contributed by atoms with Crippen LogP contribution in [0.15, 0.2) is 0 Å². The van der Waals surface area contributed by atoms with E-state index in [1.165, 1.54) is 0 Å². The van der Waals surface area contributed by atoms with Gasteiger partial charge >= 0.3 is 6.18 Å². The van der Waals surface area contributed by atoms with Crippen molar-refractivity contribution in [3.63, 3.8) is 0 Å². The summed E-state index contributed by atoms with van der Waals surface area (Å²) in [7, 11) is 0. The van der Waals surface area contributed by atoms with Crippen molar-refractivity contribution < 1.29 is 17.9 Å². The lowest BCUT2D eigenvalue weighted by molar-refractivity contribution is -0.174. The van der Waals surface area contributed by atoms with Crippen LogP contribution in [-0.4, -0.2) is 24.9 Å². The van der Waals surface area contributed by atoms with Gasteiger partial charge in [-0.25, -0.2) is 0 Å². The Balaban J connectivity index is 3.47. The van der Waals surface area contributed by atoms with Crippen LogP contribution in [0.2, 0.25) is 0 Å². The lowest BCUT2D eigenvalue weighted by atomic mass is 9.97. The highest BCUT2D eigenvalue weighted by Crippen LogP contribution is 2.16. The fourth-order valence-electron chi connectivity index (χ4n) is 0.670. The summed E-state index contributed by atoms with van der Waals surface area (Å²) in [5.74, 6) is 0. The molecular weight excluding hydrogens is 183 g/mol. The minimum absolute atomic E-state index is 0.0559. The van der Waals surface area contributed by atoms with Crippen molar-refractivity contribution in [3.05, 3.63) is 0 Å². The summed E-state index contributed by atoms with van der Waals surface area (Å²) in [6.07, 6.45) is -3.07. The van der Waals surface area contributed by atoms with E-state index in [4.69, 9.17) is 5.73 Å². The number of hydrogen-bond acceptors (Lipinski definition) is 2. The smallest absolute Gasteiger partial charge is 0.372 e.